The molecule has 17 heavy (non-hydrogen) atoms. The van der Waals surface area contributed by atoms with Crippen LogP contribution in [-0.4, -0.2) is 33.4 Å². The van der Waals surface area contributed by atoms with Crippen LogP contribution in [0.4, 0.5) is 5.82 Å². The Morgan fingerprint density at radius 1 is 1.35 bits per heavy atom. The van der Waals surface area contributed by atoms with Crippen LogP contribution in [0.15, 0.2) is 10.9 Å². The molecule has 1 aliphatic rings. The highest BCUT2D eigenvalue weighted by molar-refractivity contribution is 6.16. The number of aryl methyl sites for hydroxylation is 1. The third-order valence-electron chi connectivity index (χ3n) is 2.66. The molecule has 0 radical (unpaired) electrons. The molecule has 1 fully saturated rings. The van der Waals surface area contributed by atoms with Crippen LogP contribution in [0.3, 0.4) is 0 Å². The van der Waals surface area contributed by atoms with E-state index in [4.69, 9.17) is 4.52 Å². The lowest BCUT2D eigenvalue weighted by molar-refractivity contribution is -0.121. The Labute approximate surface area is 95.4 Å². The highest BCUT2D eigenvalue weighted by Gasteiger charge is 2.31. The fraction of sp³-hybridized carbons (Fsp3) is 0.300. The molecule has 0 aromatic carbocycles. The van der Waals surface area contributed by atoms with E-state index in [-0.39, 0.29) is 24.7 Å². The van der Waals surface area contributed by atoms with Crippen molar-refractivity contribution in [2.45, 2.75) is 13.3 Å². The number of carbonyl (C=O) groups is 2. The Hall–Kier alpha value is -2.31. The molecule has 0 spiro atoms. The van der Waals surface area contributed by atoms with E-state index in [0.29, 0.717) is 22.6 Å². The van der Waals surface area contributed by atoms with Gasteiger partial charge in [-0.2, -0.15) is 4.98 Å². The zero-order valence-electron chi connectivity index (χ0n) is 9.01. The zero-order chi connectivity index (χ0) is 12.0. The van der Waals surface area contributed by atoms with Gasteiger partial charge in [0.1, 0.15) is 11.7 Å². The van der Waals surface area contributed by atoms with Gasteiger partial charge in [0.25, 0.3) is 5.71 Å². The smallest absolute Gasteiger partial charge is 0.263 e. The maximum absolute atomic E-state index is 11.7. The molecule has 0 bridgehead atoms. The summed E-state index contributed by atoms with van der Waals surface area (Å²) in [6, 6.07) is 0. The SMILES string of the molecule is Cc1noc2ncnc(N3CC(=O)CC3=O)c12. The standard InChI is InChI=1S/C10H8N4O3/c1-5-8-9(11-4-12-10(8)17-13-5)14-3-6(15)2-7(14)16/h4H,2-3H2,1H3. The van der Waals surface area contributed by atoms with Gasteiger partial charge in [0.15, 0.2) is 11.6 Å². The topological polar surface area (TPSA) is 89.2 Å². The third-order valence-corrected chi connectivity index (χ3v) is 2.66. The van der Waals surface area contributed by atoms with Crippen molar-refractivity contribution in [2.75, 3.05) is 11.4 Å². The van der Waals surface area contributed by atoms with Crippen molar-refractivity contribution >= 4 is 28.6 Å². The molecule has 0 aliphatic carbocycles. The van der Waals surface area contributed by atoms with Gasteiger partial charge in [-0.05, 0) is 6.92 Å². The molecule has 1 aliphatic heterocycles. The van der Waals surface area contributed by atoms with Crippen LogP contribution in [0.5, 0.6) is 0 Å². The van der Waals surface area contributed by atoms with E-state index in [1.807, 2.05) is 0 Å². The van der Waals surface area contributed by atoms with Crippen molar-refractivity contribution in [1.82, 2.24) is 15.1 Å². The van der Waals surface area contributed by atoms with E-state index >= 15 is 0 Å². The number of fused-ring (bicyclic) bond motifs is 1. The van der Waals surface area contributed by atoms with Crippen molar-refractivity contribution in [3.63, 3.8) is 0 Å². The number of ketones is 1. The number of hydrogen-bond acceptors (Lipinski definition) is 6. The zero-order valence-corrected chi connectivity index (χ0v) is 9.01. The van der Waals surface area contributed by atoms with Gasteiger partial charge < -0.3 is 4.52 Å². The Bertz CT molecular complexity index is 634. The number of amides is 1. The second-order valence-electron chi connectivity index (χ2n) is 3.84. The van der Waals surface area contributed by atoms with Crippen LogP contribution in [-0.2, 0) is 9.59 Å². The predicted molar refractivity (Wildman–Crippen MR) is 56.3 cm³/mol. The van der Waals surface area contributed by atoms with Crippen molar-refractivity contribution in [3.8, 4) is 0 Å². The quantitative estimate of drug-likeness (QED) is 0.654. The number of carbonyl (C=O) groups excluding carboxylic acids is 2. The van der Waals surface area contributed by atoms with Crippen LogP contribution in [0.25, 0.3) is 11.1 Å². The summed E-state index contributed by atoms with van der Waals surface area (Å²) in [6.45, 7) is 1.79. The molecule has 1 amide bonds. The van der Waals surface area contributed by atoms with Gasteiger partial charge in [-0.15, -0.1) is 0 Å². The summed E-state index contributed by atoms with van der Waals surface area (Å²) in [4.78, 5) is 32.2. The predicted octanol–water partition coefficient (Wildman–Crippen LogP) is 0.232. The molecular formula is C10H8N4O3. The number of anilines is 1. The Kier molecular flexibility index (Phi) is 1.94. The molecule has 1 saturated heterocycles. The fourth-order valence-electron chi connectivity index (χ4n) is 1.89. The first-order valence-corrected chi connectivity index (χ1v) is 5.06. The second kappa shape index (κ2) is 3.34. The first-order valence-electron chi connectivity index (χ1n) is 5.06. The molecule has 0 unspecified atom stereocenters. The number of aromatic nitrogens is 3. The Balaban J connectivity index is 2.20. The minimum absolute atomic E-state index is 0.0512. The van der Waals surface area contributed by atoms with Gasteiger partial charge in [-0.25, -0.2) is 4.98 Å². The summed E-state index contributed by atoms with van der Waals surface area (Å²) in [6.07, 6.45) is 1.22. The number of rotatable bonds is 1. The molecule has 3 heterocycles. The van der Waals surface area contributed by atoms with Gasteiger partial charge in [0.2, 0.25) is 5.91 Å². The van der Waals surface area contributed by atoms with Gasteiger partial charge in [-0.1, -0.05) is 5.16 Å². The van der Waals surface area contributed by atoms with Crippen LogP contribution in [0.2, 0.25) is 0 Å². The van der Waals surface area contributed by atoms with Crippen LogP contribution >= 0.6 is 0 Å². The highest BCUT2D eigenvalue weighted by Crippen LogP contribution is 2.27. The molecule has 7 heteroatoms. The molecule has 0 N–H and O–H groups in total. The monoisotopic (exact) mass is 232 g/mol. The van der Waals surface area contributed by atoms with E-state index in [1.54, 1.807) is 6.92 Å². The van der Waals surface area contributed by atoms with Gasteiger partial charge in [-0.3, -0.25) is 14.5 Å². The summed E-state index contributed by atoms with van der Waals surface area (Å²) >= 11 is 0. The van der Waals surface area contributed by atoms with Crippen molar-refractivity contribution in [3.05, 3.63) is 12.0 Å². The molecule has 7 nitrogen and oxygen atoms in total. The average molecular weight is 232 g/mol. The Morgan fingerprint density at radius 3 is 2.88 bits per heavy atom. The van der Waals surface area contributed by atoms with Crippen molar-refractivity contribution in [1.29, 1.82) is 0 Å². The second-order valence-corrected chi connectivity index (χ2v) is 3.84. The highest BCUT2D eigenvalue weighted by atomic mass is 16.5. The van der Waals surface area contributed by atoms with Gasteiger partial charge in [0, 0.05) is 0 Å². The lowest BCUT2D eigenvalue weighted by atomic mass is 10.3. The average Bonchev–Trinajstić information content (AvgIpc) is 2.83. The summed E-state index contributed by atoms with van der Waals surface area (Å²) in [5.41, 5.74) is 0.919. The molecule has 86 valence electrons. The first-order chi connectivity index (χ1) is 8.16. The summed E-state index contributed by atoms with van der Waals surface area (Å²) in [5, 5.41) is 4.35. The molecule has 0 saturated carbocycles. The lowest BCUT2D eigenvalue weighted by Gasteiger charge is -2.13. The fourth-order valence-corrected chi connectivity index (χ4v) is 1.89. The Morgan fingerprint density at radius 2 is 2.18 bits per heavy atom. The largest absolute Gasteiger partial charge is 0.335 e. The van der Waals surface area contributed by atoms with Crippen LogP contribution < -0.4 is 4.90 Å². The summed E-state index contributed by atoms with van der Waals surface area (Å²) < 4.78 is 4.99. The molecular weight excluding hydrogens is 224 g/mol. The minimum atomic E-state index is -0.254. The van der Waals surface area contributed by atoms with E-state index in [2.05, 4.69) is 15.1 Å². The van der Waals surface area contributed by atoms with E-state index in [9.17, 15) is 9.59 Å². The maximum Gasteiger partial charge on any atom is 0.263 e. The number of nitrogens with zero attached hydrogens (tertiary/aromatic N) is 4. The van der Waals surface area contributed by atoms with Crippen LogP contribution in [0.1, 0.15) is 12.1 Å². The van der Waals surface area contributed by atoms with Crippen molar-refractivity contribution in [2.24, 2.45) is 0 Å². The first kappa shape index (κ1) is 9.88. The van der Waals surface area contributed by atoms with Gasteiger partial charge >= 0.3 is 0 Å². The molecule has 2 aromatic rings. The lowest BCUT2D eigenvalue weighted by Crippen LogP contribution is -2.25. The molecule has 3 rings (SSSR count). The normalized spacial score (nSPS) is 16.2. The molecule has 2 aromatic heterocycles. The van der Waals surface area contributed by atoms with Crippen LogP contribution in [0, 0.1) is 6.92 Å². The van der Waals surface area contributed by atoms with E-state index in [1.165, 1.54) is 11.2 Å². The number of hydrogen-bond donors (Lipinski definition) is 0. The van der Waals surface area contributed by atoms with E-state index < -0.39 is 0 Å². The summed E-state index contributed by atoms with van der Waals surface area (Å²) in [7, 11) is 0. The summed E-state index contributed by atoms with van der Waals surface area (Å²) in [5.74, 6) is 0.0241. The molecule has 0 atom stereocenters. The van der Waals surface area contributed by atoms with E-state index in [0.717, 1.165) is 0 Å². The minimum Gasteiger partial charge on any atom is -0.335 e. The third kappa shape index (κ3) is 1.39. The van der Waals surface area contributed by atoms with Gasteiger partial charge in [0.05, 0.1) is 18.7 Å². The maximum atomic E-state index is 11.7. The number of Topliss-reactive ketones (excluding diaryl/α,β-unsaturated/α-hetero) is 1. The van der Waals surface area contributed by atoms with Crippen molar-refractivity contribution < 1.29 is 14.1 Å².